The molecule has 2 aromatic rings. The van der Waals surface area contributed by atoms with E-state index in [-0.39, 0.29) is 17.5 Å². The number of carbonyl (C=O) groups is 2. The van der Waals surface area contributed by atoms with Crippen LogP contribution in [0.4, 0.5) is 17.1 Å². The molecular weight excluding hydrogens is 332 g/mol. The van der Waals surface area contributed by atoms with Crippen molar-refractivity contribution < 1.29 is 19.4 Å². The SMILES string of the molecule is NC(=O)c1ccc(NC(=O)Cc2ccc([N+](=O)[O-])cc2[N+](=O)[O-])cc1. The van der Waals surface area contributed by atoms with Crippen LogP contribution in [0, 0.1) is 20.2 Å². The average Bonchev–Trinajstić information content (AvgIpc) is 2.55. The molecular formula is C15H12N4O6. The molecule has 0 fully saturated rings. The molecule has 10 nitrogen and oxygen atoms in total. The Bertz CT molecular complexity index is 863. The Morgan fingerprint density at radius 2 is 1.64 bits per heavy atom. The first-order chi connectivity index (χ1) is 11.8. The van der Waals surface area contributed by atoms with E-state index >= 15 is 0 Å². The minimum absolute atomic E-state index is 0.0434. The van der Waals surface area contributed by atoms with Crippen LogP contribution in [0.25, 0.3) is 0 Å². The predicted octanol–water partition coefficient (Wildman–Crippen LogP) is 1.78. The first-order valence-corrected chi connectivity index (χ1v) is 6.89. The molecule has 2 aromatic carbocycles. The fourth-order valence-corrected chi connectivity index (χ4v) is 2.08. The molecule has 0 saturated heterocycles. The van der Waals surface area contributed by atoms with Crippen molar-refractivity contribution >= 4 is 28.9 Å². The van der Waals surface area contributed by atoms with Crippen LogP contribution in [0.5, 0.6) is 0 Å². The number of anilines is 1. The van der Waals surface area contributed by atoms with E-state index in [4.69, 9.17) is 5.73 Å². The van der Waals surface area contributed by atoms with Crippen molar-refractivity contribution in [2.45, 2.75) is 6.42 Å². The third-order valence-electron chi connectivity index (χ3n) is 3.28. The third-order valence-corrected chi connectivity index (χ3v) is 3.28. The number of nitrogens with two attached hydrogens (primary N) is 1. The van der Waals surface area contributed by atoms with Gasteiger partial charge < -0.3 is 11.1 Å². The molecule has 0 spiro atoms. The number of carbonyl (C=O) groups excluding carboxylic acids is 2. The van der Waals surface area contributed by atoms with E-state index in [1.807, 2.05) is 0 Å². The van der Waals surface area contributed by atoms with Gasteiger partial charge in [-0.2, -0.15) is 0 Å². The van der Waals surface area contributed by atoms with Gasteiger partial charge in [0.1, 0.15) is 0 Å². The zero-order valence-corrected chi connectivity index (χ0v) is 12.7. The second-order valence-corrected chi connectivity index (χ2v) is 4.99. The number of nitro groups is 2. The van der Waals surface area contributed by atoms with E-state index < -0.39 is 33.0 Å². The van der Waals surface area contributed by atoms with Crippen molar-refractivity contribution in [2.75, 3.05) is 5.32 Å². The van der Waals surface area contributed by atoms with Crippen LogP contribution < -0.4 is 11.1 Å². The van der Waals surface area contributed by atoms with Crippen molar-refractivity contribution in [2.24, 2.45) is 5.73 Å². The van der Waals surface area contributed by atoms with Gasteiger partial charge in [-0.15, -0.1) is 0 Å². The van der Waals surface area contributed by atoms with Crippen molar-refractivity contribution in [1.29, 1.82) is 0 Å². The van der Waals surface area contributed by atoms with Crippen molar-refractivity contribution in [3.63, 3.8) is 0 Å². The van der Waals surface area contributed by atoms with Crippen molar-refractivity contribution in [1.82, 2.24) is 0 Å². The van der Waals surface area contributed by atoms with E-state index in [0.29, 0.717) is 5.69 Å². The van der Waals surface area contributed by atoms with E-state index in [9.17, 15) is 29.8 Å². The van der Waals surface area contributed by atoms with Gasteiger partial charge >= 0.3 is 0 Å². The number of nitrogens with one attached hydrogen (secondary N) is 1. The van der Waals surface area contributed by atoms with Crippen LogP contribution in [0.2, 0.25) is 0 Å². The molecule has 0 bridgehead atoms. The van der Waals surface area contributed by atoms with Gasteiger partial charge in [0.25, 0.3) is 11.4 Å². The minimum Gasteiger partial charge on any atom is -0.366 e. The minimum atomic E-state index is -0.780. The summed E-state index contributed by atoms with van der Waals surface area (Å²) in [6.45, 7) is 0. The van der Waals surface area contributed by atoms with Gasteiger partial charge in [-0.3, -0.25) is 29.8 Å². The van der Waals surface area contributed by atoms with Crippen molar-refractivity contribution in [3.8, 4) is 0 Å². The summed E-state index contributed by atoms with van der Waals surface area (Å²) in [7, 11) is 0. The summed E-state index contributed by atoms with van der Waals surface area (Å²) in [5, 5.41) is 24.3. The number of primary amides is 1. The molecule has 0 atom stereocenters. The molecule has 0 radical (unpaired) electrons. The Morgan fingerprint density at radius 3 is 2.16 bits per heavy atom. The molecule has 25 heavy (non-hydrogen) atoms. The standard InChI is InChI=1S/C15H12N4O6/c16-15(21)9-1-4-11(5-2-9)17-14(20)7-10-3-6-12(18(22)23)8-13(10)19(24)25/h1-6,8H,7H2,(H2,16,21)(H,17,20). The summed E-state index contributed by atoms with van der Waals surface area (Å²) < 4.78 is 0. The largest absolute Gasteiger partial charge is 0.366 e. The molecule has 0 aliphatic rings. The Labute approximate surface area is 140 Å². The molecule has 0 aliphatic carbocycles. The highest BCUT2D eigenvalue weighted by Crippen LogP contribution is 2.25. The normalized spacial score (nSPS) is 10.1. The maximum Gasteiger partial charge on any atom is 0.279 e. The molecule has 10 heteroatoms. The summed E-state index contributed by atoms with van der Waals surface area (Å²) >= 11 is 0. The molecule has 0 aliphatic heterocycles. The maximum atomic E-state index is 12.0. The van der Waals surface area contributed by atoms with E-state index in [1.54, 1.807) is 0 Å². The number of non-ortho nitro benzene ring substituents is 1. The summed E-state index contributed by atoms with van der Waals surface area (Å²) in [5.74, 6) is -1.16. The summed E-state index contributed by atoms with van der Waals surface area (Å²) in [6, 6.07) is 8.84. The Kier molecular flexibility index (Phi) is 5.03. The van der Waals surface area contributed by atoms with Crippen LogP contribution in [-0.4, -0.2) is 21.7 Å². The zero-order valence-electron chi connectivity index (χ0n) is 12.7. The van der Waals surface area contributed by atoms with Gasteiger partial charge in [-0.1, -0.05) is 0 Å². The second-order valence-electron chi connectivity index (χ2n) is 4.99. The summed E-state index contributed by atoms with van der Waals surface area (Å²) in [4.78, 5) is 43.2. The lowest BCUT2D eigenvalue weighted by Crippen LogP contribution is -2.16. The highest BCUT2D eigenvalue weighted by atomic mass is 16.6. The predicted molar refractivity (Wildman–Crippen MR) is 87.0 cm³/mol. The number of hydrogen-bond acceptors (Lipinski definition) is 6. The molecule has 3 N–H and O–H groups in total. The molecule has 0 aromatic heterocycles. The first kappa shape index (κ1) is 17.5. The second kappa shape index (κ2) is 7.17. The highest BCUT2D eigenvalue weighted by molar-refractivity contribution is 5.95. The Balaban J connectivity index is 2.15. The third kappa shape index (κ3) is 4.34. The number of nitro benzene ring substituents is 2. The molecule has 0 saturated carbocycles. The fraction of sp³-hybridized carbons (Fsp3) is 0.0667. The fourth-order valence-electron chi connectivity index (χ4n) is 2.08. The molecule has 2 amide bonds. The number of rotatable bonds is 6. The summed E-state index contributed by atoms with van der Waals surface area (Å²) in [6.07, 6.45) is -0.341. The van der Waals surface area contributed by atoms with Crippen LogP contribution >= 0.6 is 0 Å². The van der Waals surface area contributed by atoms with Gasteiger partial charge in [0, 0.05) is 22.9 Å². The summed E-state index contributed by atoms with van der Waals surface area (Å²) in [5.41, 5.74) is 4.85. The monoisotopic (exact) mass is 344 g/mol. The van der Waals surface area contributed by atoms with Gasteiger partial charge in [0.2, 0.25) is 11.8 Å². The number of amides is 2. The van der Waals surface area contributed by atoms with Gasteiger partial charge in [0.05, 0.1) is 22.3 Å². The molecule has 0 unspecified atom stereocenters. The first-order valence-electron chi connectivity index (χ1n) is 6.89. The Morgan fingerprint density at radius 1 is 1.00 bits per heavy atom. The number of benzene rings is 2. The van der Waals surface area contributed by atoms with E-state index in [1.165, 1.54) is 30.3 Å². The molecule has 0 heterocycles. The lowest BCUT2D eigenvalue weighted by atomic mass is 10.1. The lowest BCUT2D eigenvalue weighted by Gasteiger charge is -2.06. The van der Waals surface area contributed by atoms with E-state index in [2.05, 4.69) is 5.32 Å². The van der Waals surface area contributed by atoms with Crippen LogP contribution in [0.3, 0.4) is 0 Å². The number of hydrogen-bond donors (Lipinski definition) is 2. The maximum absolute atomic E-state index is 12.0. The van der Waals surface area contributed by atoms with Crippen LogP contribution in [-0.2, 0) is 11.2 Å². The smallest absolute Gasteiger partial charge is 0.279 e. The van der Waals surface area contributed by atoms with Gasteiger partial charge in [0.15, 0.2) is 0 Å². The topological polar surface area (TPSA) is 158 Å². The molecule has 2 rings (SSSR count). The van der Waals surface area contributed by atoms with Crippen LogP contribution in [0.15, 0.2) is 42.5 Å². The quantitative estimate of drug-likeness (QED) is 0.600. The number of nitrogens with zero attached hydrogens (tertiary/aromatic N) is 2. The molecule has 128 valence electrons. The van der Waals surface area contributed by atoms with Gasteiger partial charge in [-0.25, -0.2) is 0 Å². The van der Waals surface area contributed by atoms with E-state index in [0.717, 1.165) is 12.1 Å². The highest BCUT2D eigenvalue weighted by Gasteiger charge is 2.21. The lowest BCUT2D eigenvalue weighted by molar-refractivity contribution is -0.394. The van der Waals surface area contributed by atoms with Crippen LogP contribution in [0.1, 0.15) is 15.9 Å². The van der Waals surface area contributed by atoms with Gasteiger partial charge in [-0.05, 0) is 30.3 Å². The zero-order chi connectivity index (χ0) is 18.6. The van der Waals surface area contributed by atoms with Crippen molar-refractivity contribution in [3.05, 3.63) is 73.8 Å². The Hall–Kier alpha value is -3.82. The average molecular weight is 344 g/mol.